The molecule has 1 aliphatic carbocycles. The lowest BCUT2D eigenvalue weighted by molar-refractivity contribution is 0.0931. The standard InChI is InChI=1S/C20H26N4O2/c1-13-11-24(15-5-6-15)12-18(13)21-20(25)14-4-7-19(26-3)16(10-14)17-8-9-23(2)22-17/h4,7-10,13,15,18H,5-6,11-12H2,1-3H3,(H,21,25). The molecular weight excluding hydrogens is 328 g/mol. The van der Waals surface area contributed by atoms with Gasteiger partial charge in [-0.15, -0.1) is 0 Å². The number of carbonyl (C=O) groups excluding carboxylic acids is 1. The Balaban J connectivity index is 1.52. The van der Waals surface area contributed by atoms with Gasteiger partial charge in [-0.2, -0.15) is 5.10 Å². The van der Waals surface area contributed by atoms with Crippen LogP contribution in [0.15, 0.2) is 30.5 Å². The summed E-state index contributed by atoms with van der Waals surface area (Å²) < 4.78 is 7.20. The largest absolute Gasteiger partial charge is 0.496 e. The molecule has 2 aliphatic rings. The molecule has 6 heteroatoms. The van der Waals surface area contributed by atoms with Gasteiger partial charge in [-0.3, -0.25) is 14.4 Å². The lowest BCUT2D eigenvalue weighted by Crippen LogP contribution is -2.40. The van der Waals surface area contributed by atoms with E-state index in [9.17, 15) is 4.79 Å². The normalized spacial score (nSPS) is 23.2. The fourth-order valence-electron chi connectivity index (χ4n) is 3.79. The number of hydrogen-bond acceptors (Lipinski definition) is 4. The Labute approximate surface area is 154 Å². The van der Waals surface area contributed by atoms with Gasteiger partial charge in [0.05, 0.1) is 12.8 Å². The lowest BCUT2D eigenvalue weighted by Gasteiger charge is -2.17. The number of rotatable bonds is 5. The molecule has 2 unspecified atom stereocenters. The second kappa shape index (κ2) is 6.76. The Morgan fingerprint density at radius 1 is 1.27 bits per heavy atom. The van der Waals surface area contributed by atoms with Crippen molar-refractivity contribution >= 4 is 5.91 Å². The monoisotopic (exact) mass is 354 g/mol. The highest BCUT2D eigenvalue weighted by molar-refractivity contribution is 5.96. The molecule has 0 radical (unpaired) electrons. The van der Waals surface area contributed by atoms with Crippen LogP contribution >= 0.6 is 0 Å². The fraction of sp³-hybridized carbons (Fsp3) is 0.500. The second-order valence-electron chi connectivity index (χ2n) is 7.53. The molecular formula is C20H26N4O2. The zero-order valence-corrected chi connectivity index (χ0v) is 15.6. The summed E-state index contributed by atoms with van der Waals surface area (Å²) in [6.07, 6.45) is 4.49. The lowest BCUT2D eigenvalue weighted by atomic mass is 10.0. The summed E-state index contributed by atoms with van der Waals surface area (Å²) in [7, 11) is 3.51. The Kier molecular flexibility index (Phi) is 4.44. The van der Waals surface area contributed by atoms with Crippen molar-refractivity contribution in [2.24, 2.45) is 13.0 Å². The third-order valence-electron chi connectivity index (χ3n) is 5.47. The zero-order valence-electron chi connectivity index (χ0n) is 15.6. The molecule has 1 aromatic heterocycles. The van der Waals surface area contributed by atoms with Gasteiger partial charge in [0.1, 0.15) is 5.75 Å². The van der Waals surface area contributed by atoms with E-state index in [4.69, 9.17) is 4.74 Å². The van der Waals surface area contributed by atoms with Crippen LogP contribution in [0.5, 0.6) is 5.75 Å². The van der Waals surface area contributed by atoms with Crippen molar-refractivity contribution in [3.63, 3.8) is 0 Å². The number of benzene rings is 1. The summed E-state index contributed by atoms with van der Waals surface area (Å²) in [6.45, 7) is 4.26. The van der Waals surface area contributed by atoms with E-state index in [2.05, 4.69) is 22.2 Å². The molecule has 2 aromatic rings. The number of carbonyl (C=O) groups is 1. The number of ether oxygens (including phenoxy) is 1. The summed E-state index contributed by atoms with van der Waals surface area (Å²) in [5.41, 5.74) is 2.27. The molecule has 2 atom stereocenters. The smallest absolute Gasteiger partial charge is 0.251 e. The summed E-state index contributed by atoms with van der Waals surface area (Å²) in [6, 6.07) is 8.41. The third-order valence-corrected chi connectivity index (χ3v) is 5.47. The van der Waals surface area contributed by atoms with Crippen molar-refractivity contribution in [3.05, 3.63) is 36.0 Å². The molecule has 138 valence electrons. The van der Waals surface area contributed by atoms with E-state index in [1.807, 2.05) is 37.5 Å². The first-order valence-electron chi connectivity index (χ1n) is 9.28. The molecule has 1 saturated heterocycles. The molecule has 2 heterocycles. The minimum Gasteiger partial charge on any atom is -0.496 e. The van der Waals surface area contributed by atoms with E-state index >= 15 is 0 Å². The zero-order chi connectivity index (χ0) is 18.3. The quantitative estimate of drug-likeness (QED) is 0.895. The van der Waals surface area contributed by atoms with Crippen LogP contribution in [-0.4, -0.2) is 52.9 Å². The average Bonchev–Trinajstić information content (AvgIpc) is 3.31. The average molecular weight is 354 g/mol. The Bertz CT molecular complexity index is 812. The SMILES string of the molecule is COc1ccc(C(=O)NC2CN(C3CC3)CC2C)cc1-c1ccn(C)n1. The highest BCUT2D eigenvalue weighted by Crippen LogP contribution is 2.32. The van der Waals surface area contributed by atoms with Crippen LogP contribution in [0.25, 0.3) is 11.3 Å². The van der Waals surface area contributed by atoms with Gasteiger partial charge in [-0.1, -0.05) is 6.92 Å². The molecule has 6 nitrogen and oxygen atoms in total. The van der Waals surface area contributed by atoms with E-state index in [0.717, 1.165) is 36.1 Å². The van der Waals surface area contributed by atoms with Gasteiger partial charge in [-0.05, 0) is 43.0 Å². The number of aryl methyl sites for hydroxylation is 1. The van der Waals surface area contributed by atoms with Gasteiger partial charge in [0.25, 0.3) is 5.91 Å². The van der Waals surface area contributed by atoms with Crippen molar-refractivity contribution in [1.29, 1.82) is 0 Å². The van der Waals surface area contributed by atoms with Crippen molar-refractivity contribution in [3.8, 4) is 17.0 Å². The first-order valence-corrected chi connectivity index (χ1v) is 9.28. The first kappa shape index (κ1) is 17.1. The molecule has 1 aromatic carbocycles. The van der Waals surface area contributed by atoms with E-state index in [-0.39, 0.29) is 11.9 Å². The van der Waals surface area contributed by atoms with Crippen LogP contribution in [0.3, 0.4) is 0 Å². The number of amides is 1. The molecule has 1 aliphatic heterocycles. The van der Waals surface area contributed by atoms with Crippen LogP contribution in [0.4, 0.5) is 0 Å². The Hall–Kier alpha value is -2.34. The summed E-state index contributed by atoms with van der Waals surface area (Å²) >= 11 is 0. The van der Waals surface area contributed by atoms with Gasteiger partial charge < -0.3 is 10.1 Å². The Morgan fingerprint density at radius 3 is 2.73 bits per heavy atom. The number of methoxy groups -OCH3 is 1. The maximum absolute atomic E-state index is 12.8. The minimum atomic E-state index is -0.0284. The van der Waals surface area contributed by atoms with Crippen LogP contribution in [0.1, 0.15) is 30.1 Å². The van der Waals surface area contributed by atoms with Crippen molar-refractivity contribution < 1.29 is 9.53 Å². The van der Waals surface area contributed by atoms with Crippen LogP contribution in [0, 0.1) is 5.92 Å². The van der Waals surface area contributed by atoms with Crippen LogP contribution in [-0.2, 0) is 7.05 Å². The number of nitrogens with one attached hydrogen (secondary N) is 1. The summed E-state index contributed by atoms with van der Waals surface area (Å²) in [5, 5.41) is 7.67. The number of nitrogens with zero attached hydrogens (tertiary/aromatic N) is 3. The highest BCUT2D eigenvalue weighted by atomic mass is 16.5. The molecule has 0 spiro atoms. The summed E-state index contributed by atoms with van der Waals surface area (Å²) in [4.78, 5) is 15.3. The number of likely N-dealkylation sites (tertiary alicyclic amines) is 1. The molecule has 0 bridgehead atoms. The van der Waals surface area contributed by atoms with E-state index < -0.39 is 0 Å². The van der Waals surface area contributed by atoms with Crippen molar-refractivity contribution in [2.75, 3.05) is 20.2 Å². The maximum Gasteiger partial charge on any atom is 0.251 e. The van der Waals surface area contributed by atoms with Crippen LogP contribution < -0.4 is 10.1 Å². The highest BCUT2D eigenvalue weighted by Gasteiger charge is 2.38. The topological polar surface area (TPSA) is 59.4 Å². The van der Waals surface area contributed by atoms with Gasteiger partial charge in [0.2, 0.25) is 0 Å². The predicted octanol–water partition coefficient (Wildman–Crippen LogP) is 2.31. The summed E-state index contributed by atoms with van der Waals surface area (Å²) in [5.74, 6) is 1.17. The first-order chi connectivity index (χ1) is 12.5. The maximum atomic E-state index is 12.8. The minimum absolute atomic E-state index is 0.0284. The molecule has 2 fully saturated rings. The van der Waals surface area contributed by atoms with Crippen LogP contribution in [0.2, 0.25) is 0 Å². The van der Waals surface area contributed by atoms with E-state index in [0.29, 0.717) is 11.5 Å². The number of hydrogen-bond donors (Lipinski definition) is 1. The van der Waals surface area contributed by atoms with Gasteiger partial charge in [0.15, 0.2) is 0 Å². The molecule has 4 rings (SSSR count). The van der Waals surface area contributed by atoms with Gasteiger partial charge >= 0.3 is 0 Å². The third kappa shape index (κ3) is 3.33. The van der Waals surface area contributed by atoms with Crippen molar-refractivity contribution in [1.82, 2.24) is 20.0 Å². The number of aromatic nitrogens is 2. The second-order valence-corrected chi connectivity index (χ2v) is 7.53. The fourth-order valence-corrected chi connectivity index (χ4v) is 3.79. The molecule has 1 N–H and O–H groups in total. The van der Waals surface area contributed by atoms with E-state index in [1.165, 1.54) is 12.8 Å². The molecule has 1 amide bonds. The predicted molar refractivity (Wildman–Crippen MR) is 100 cm³/mol. The van der Waals surface area contributed by atoms with Gasteiger partial charge in [0, 0.05) is 49.5 Å². The molecule has 1 saturated carbocycles. The Morgan fingerprint density at radius 2 is 2.08 bits per heavy atom. The van der Waals surface area contributed by atoms with Gasteiger partial charge in [-0.25, -0.2) is 0 Å². The van der Waals surface area contributed by atoms with Crippen molar-refractivity contribution in [2.45, 2.75) is 31.8 Å². The molecule has 26 heavy (non-hydrogen) atoms. The van der Waals surface area contributed by atoms with E-state index in [1.54, 1.807) is 11.8 Å².